The van der Waals surface area contributed by atoms with Gasteiger partial charge in [-0.2, -0.15) is 5.10 Å². The molecule has 132 valence electrons. The van der Waals surface area contributed by atoms with Gasteiger partial charge in [-0.1, -0.05) is 59.6 Å². The summed E-state index contributed by atoms with van der Waals surface area (Å²) in [6, 6.07) is 12.7. The zero-order valence-corrected chi connectivity index (χ0v) is 15.1. The van der Waals surface area contributed by atoms with E-state index in [1.165, 1.54) is 12.3 Å². The van der Waals surface area contributed by atoms with Gasteiger partial charge in [0.15, 0.2) is 5.75 Å². The molecule has 0 aliphatic rings. The topological polar surface area (TPSA) is 81.9 Å². The molecule has 0 heterocycles. The highest BCUT2D eigenvalue weighted by molar-refractivity contribution is 6.38. The summed E-state index contributed by atoms with van der Waals surface area (Å²) in [6.07, 6.45) is 1.20. The Bertz CT molecular complexity index is 1050. The number of phenols is 2. The molecule has 3 aromatic rings. The molecule has 0 atom stereocenters. The van der Waals surface area contributed by atoms with E-state index in [1.54, 1.807) is 0 Å². The lowest BCUT2D eigenvalue weighted by Gasteiger charge is -2.09. The quantitative estimate of drug-likeness (QED) is 0.451. The molecule has 0 aliphatic carbocycles. The normalized spacial score (nSPS) is 11.2. The van der Waals surface area contributed by atoms with Crippen molar-refractivity contribution in [2.45, 2.75) is 6.92 Å². The van der Waals surface area contributed by atoms with E-state index in [2.05, 4.69) is 10.5 Å². The minimum absolute atomic E-state index is 0.0366. The predicted octanol–water partition coefficient (Wildman–Crippen LogP) is 4.63. The number of phenolic OH excluding ortho intramolecular Hbond substituents is 2. The van der Waals surface area contributed by atoms with Gasteiger partial charge >= 0.3 is 0 Å². The number of hydrazone groups is 1. The maximum absolute atomic E-state index is 12.6. The highest BCUT2D eigenvalue weighted by Gasteiger charge is 2.15. The average molecular weight is 389 g/mol. The Balaban J connectivity index is 1.89. The van der Waals surface area contributed by atoms with Crippen LogP contribution in [0.15, 0.2) is 47.6 Å². The van der Waals surface area contributed by atoms with Crippen LogP contribution in [0.2, 0.25) is 10.0 Å². The molecule has 0 radical (unpaired) electrons. The Morgan fingerprint density at radius 3 is 2.62 bits per heavy atom. The standard InChI is InChI=1S/C19H14Cl2N2O3/c1-10-6-7-11-4-2-3-5-13(11)15(10)19(26)23-22-9-12-8-14(20)18(25)16(21)17(12)24/h2-9,24-25H,1H3,(H,23,26)/b22-9-. The first-order valence-corrected chi connectivity index (χ1v) is 8.37. The summed E-state index contributed by atoms with van der Waals surface area (Å²) in [5.41, 5.74) is 3.93. The minimum atomic E-state index is -0.418. The third-order valence-electron chi connectivity index (χ3n) is 3.93. The maximum atomic E-state index is 12.6. The van der Waals surface area contributed by atoms with E-state index in [4.69, 9.17) is 23.2 Å². The zero-order chi connectivity index (χ0) is 18.8. The van der Waals surface area contributed by atoms with Crippen LogP contribution in [0, 0.1) is 6.92 Å². The van der Waals surface area contributed by atoms with Crippen molar-refractivity contribution in [3.8, 4) is 11.5 Å². The number of benzene rings is 3. The summed E-state index contributed by atoms with van der Waals surface area (Å²) >= 11 is 11.6. The first kappa shape index (κ1) is 18.0. The molecular weight excluding hydrogens is 375 g/mol. The molecule has 0 saturated carbocycles. The van der Waals surface area contributed by atoms with Crippen molar-refractivity contribution in [1.82, 2.24) is 5.43 Å². The van der Waals surface area contributed by atoms with E-state index in [0.717, 1.165) is 16.3 Å². The van der Waals surface area contributed by atoms with Gasteiger partial charge in [-0.3, -0.25) is 4.79 Å². The lowest BCUT2D eigenvalue weighted by Crippen LogP contribution is -2.19. The number of carbonyl (C=O) groups is 1. The molecule has 0 saturated heterocycles. The fourth-order valence-electron chi connectivity index (χ4n) is 2.61. The highest BCUT2D eigenvalue weighted by Crippen LogP contribution is 2.40. The van der Waals surface area contributed by atoms with Gasteiger partial charge in [-0.05, 0) is 29.3 Å². The molecule has 26 heavy (non-hydrogen) atoms. The van der Waals surface area contributed by atoms with E-state index in [9.17, 15) is 15.0 Å². The second-order valence-corrected chi connectivity index (χ2v) is 6.42. The second-order valence-electron chi connectivity index (χ2n) is 5.64. The first-order chi connectivity index (χ1) is 12.4. The van der Waals surface area contributed by atoms with Gasteiger partial charge in [0.2, 0.25) is 0 Å². The molecule has 0 aromatic heterocycles. The Morgan fingerprint density at radius 1 is 1.12 bits per heavy atom. The van der Waals surface area contributed by atoms with E-state index < -0.39 is 5.75 Å². The molecular formula is C19H14Cl2N2O3. The van der Waals surface area contributed by atoms with Gasteiger partial charge in [0.1, 0.15) is 10.8 Å². The predicted molar refractivity (Wildman–Crippen MR) is 104 cm³/mol. The van der Waals surface area contributed by atoms with E-state index in [1.807, 2.05) is 43.3 Å². The number of halogens is 2. The van der Waals surface area contributed by atoms with Crippen LogP contribution in [-0.4, -0.2) is 22.3 Å². The lowest BCUT2D eigenvalue weighted by molar-refractivity contribution is 0.0956. The van der Waals surface area contributed by atoms with Gasteiger partial charge in [0, 0.05) is 5.56 Å². The number of rotatable bonds is 3. The molecule has 0 spiro atoms. The van der Waals surface area contributed by atoms with Crippen molar-refractivity contribution in [2.24, 2.45) is 5.10 Å². The highest BCUT2D eigenvalue weighted by atomic mass is 35.5. The van der Waals surface area contributed by atoms with Crippen LogP contribution in [0.25, 0.3) is 10.8 Å². The molecule has 0 fully saturated rings. The van der Waals surface area contributed by atoms with Crippen molar-refractivity contribution < 1.29 is 15.0 Å². The van der Waals surface area contributed by atoms with Crippen LogP contribution in [0.4, 0.5) is 0 Å². The van der Waals surface area contributed by atoms with Gasteiger partial charge < -0.3 is 10.2 Å². The SMILES string of the molecule is Cc1ccc2ccccc2c1C(=O)N/N=C\c1cc(Cl)c(O)c(Cl)c1O. The molecule has 0 unspecified atom stereocenters. The fourth-order valence-corrected chi connectivity index (χ4v) is 3.08. The van der Waals surface area contributed by atoms with E-state index >= 15 is 0 Å². The van der Waals surface area contributed by atoms with Crippen LogP contribution >= 0.6 is 23.2 Å². The van der Waals surface area contributed by atoms with Crippen LogP contribution in [0.1, 0.15) is 21.5 Å². The minimum Gasteiger partial charge on any atom is -0.506 e. The van der Waals surface area contributed by atoms with Crippen molar-refractivity contribution >= 4 is 46.1 Å². The monoisotopic (exact) mass is 388 g/mol. The number of carbonyl (C=O) groups excluding carboxylic acids is 1. The third kappa shape index (κ3) is 3.31. The summed E-state index contributed by atoms with van der Waals surface area (Å²) in [7, 11) is 0. The number of amides is 1. The maximum Gasteiger partial charge on any atom is 0.272 e. The zero-order valence-electron chi connectivity index (χ0n) is 13.6. The second kappa shape index (κ2) is 7.23. The summed E-state index contributed by atoms with van der Waals surface area (Å²) in [5, 5.41) is 24.8. The van der Waals surface area contributed by atoms with Gasteiger partial charge in [-0.25, -0.2) is 5.43 Å². The largest absolute Gasteiger partial charge is 0.506 e. The lowest BCUT2D eigenvalue weighted by atomic mass is 9.99. The van der Waals surface area contributed by atoms with Crippen LogP contribution in [0.3, 0.4) is 0 Å². The molecule has 3 aromatic carbocycles. The molecule has 7 heteroatoms. The molecule has 0 bridgehead atoms. The van der Waals surface area contributed by atoms with Crippen molar-refractivity contribution in [3.63, 3.8) is 0 Å². The van der Waals surface area contributed by atoms with Crippen LogP contribution < -0.4 is 5.43 Å². The van der Waals surface area contributed by atoms with Crippen LogP contribution in [0.5, 0.6) is 11.5 Å². The van der Waals surface area contributed by atoms with E-state index in [0.29, 0.717) is 5.56 Å². The molecule has 1 amide bonds. The van der Waals surface area contributed by atoms with Crippen LogP contribution in [-0.2, 0) is 0 Å². The number of hydrogen-bond donors (Lipinski definition) is 3. The summed E-state index contributed by atoms with van der Waals surface area (Å²) < 4.78 is 0. The summed E-state index contributed by atoms with van der Waals surface area (Å²) in [4.78, 5) is 12.6. The van der Waals surface area contributed by atoms with Crippen molar-refractivity contribution in [3.05, 3.63) is 69.2 Å². The Labute approximate surface area is 159 Å². The Hall–Kier alpha value is -2.76. The van der Waals surface area contributed by atoms with Gasteiger partial charge in [-0.15, -0.1) is 0 Å². The Morgan fingerprint density at radius 2 is 1.85 bits per heavy atom. The number of hydrogen-bond acceptors (Lipinski definition) is 4. The van der Waals surface area contributed by atoms with Crippen molar-refractivity contribution in [1.29, 1.82) is 0 Å². The smallest absolute Gasteiger partial charge is 0.272 e. The number of fused-ring (bicyclic) bond motifs is 1. The molecule has 0 aliphatic heterocycles. The first-order valence-electron chi connectivity index (χ1n) is 7.62. The fraction of sp³-hybridized carbons (Fsp3) is 0.0526. The average Bonchev–Trinajstić information content (AvgIpc) is 2.63. The van der Waals surface area contributed by atoms with Crippen molar-refractivity contribution in [2.75, 3.05) is 0 Å². The van der Waals surface area contributed by atoms with Gasteiger partial charge in [0.05, 0.1) is 16.8 Å². The molecule has 3 rings (SSSR count). The van der Waals surface area contributed by atoms with Gasteiger partial charge in [0.25, 0.3) is 5.91 Å². The number of nitrogens with one attached hydrogen (secondary N) is 1. The number of aryl methyl sites for hydroxylation is 1. The number of nitrogens with zero attached hydrogens (tertiary/aromatic N) is 1. The summed E-state index contributed by atoms with van der Waals surface area (Å²) in [5.74, 6) is -1.18. The summed E-state index contributed by atoms with van der Waals surface area (Å²) in [6.45, 7) is 1.84. The van der Waals surface area contributed by atoms with E-state index in [-0.39, 0.29) is 27.3 Å². The third-order valence-corrected chi connectivity index (χ3v) is 4.58. The molecule has 5 nitrogen and oxygen atoms in total. The Kier molecular flexibility index (Phi) is 5.02. The number of aromatic hydroxyl groups is 2. The molecule has 3 N–H and O–H groups in total.